The van der Waals surface area contributed by atoms with Crippen LogP contribution in [0.4, 0.5) is 0 Å². The van der Waals surface area contributed by atoms with Gasteiger partial charge in [0.2, 0.25) is 0 Å². The molecular weight excluding hydrogens is 163 g/mol. The minimum absolute atomic E-state index is 0.277. The third-order valence-corrected chi connectivity index (χ3v) is 1.23. The predicted octanol–water partition coefficient (Wildman–Crippen LogP) is 1.74. The van der Waals surface area contributed by atoms with Crippen molar-refractivity contribution in [1.82, 2.24) is 0 Å². The maximum atomic E-state index is 10.4. The quantitative estimate of drug-likeness (QED) is 0.477. The molecule has 0 bridgehead atoms. The standard InChI is InChI=1S/C5H8Cl2O2/c1-9-5(8)3-2-4(6)7/h4H,2-3H2,1H3. The zero-order valence-electron chi connectivity index (χ0n) is 5.06. The van der Waals surface area contributed by atoms with Crippen molar-refractivity contribution >= 4 is 29.2 Å². The molecule has 0 rings (SSSR count). The van der Waals surface area contributed by atoms with Crippen molar-refractivity contribution in [3.63, 3.8) is 0 Å². The van der Waals surface area contributed by atoms with E-state index in [-0.39, 0.29) is 12.4 Å². The normalized spacial score (nSPS) is 9.78. The van der Waals surface area contributed by atoms with Crippen LogP contribution in [-0.2, 0) is 9.53 Å². The molecule has 0 spiro atoms. The summed E-state index contributed by atoms with van der Waals surface area (Å²) in [5.41, 5.74) is 0. The van der Waals surface area contributed by atoms with Crippen LogP contribution in [0.3, 0.4) is 0 Å². The first kappa shape index (κ1) is 9.05. The van der Waals surface area contributed by atoms with E-state index in [9.17, 15) is 4.79 Å². The van der Waals surface area contributed by atoms with Crippen LogP contribution in [-0.4, -0.2) is 17.9 Å². The van der Waals surface area contributed by atoms with E-state index >= 15 is 0 Å². The Morgan fingerprint density at radius 3 is 2.56 bits per heavy atom. The van der Waals surface area contributed by atoms with Crippen molar-refractivity contribution in [2.75, 3.05) is 7.11 Å². The van der Waals surface area contributed by atoms with Gasteiger partial charge in [-0.2, -0.15) is 0 Å². The Bertz CT molecular complexity index is 93.0. The first-order valence-electron chi connectivity index (χ1n) is 2.51. The fraction of sp³-hybridized carbons (Fsp3) is 0.800. The molecule has 9 heavy (non-hydrogen) atoms. The third-order valence-electron chi connectivity index (χ3n) is 0.794. The minimum atomic E-state index is -0.468. The van der Waals surface area contributed by atoms with Gasteiger partial charge in [-0.1, -0.05) is 0 Å². The monoisotopic (exact) mass is 170 g/mol. The molecule has 0 amide bonds. The van der Waals surface area contributed by atoms with Crippen LogP contribution in [0.25, 0.3) is 0 Å². The summed E-state index contributed by atoms with van der Waals surface area (Å²) in [5, 5.41) is 0. The van der Waals surface area contributed by atoms with E-state index in [1.807, 2.05) is 0 Å². The Morgan fingerprint density at radius 2 is 2.22 bits per heavy atom. The Labute approximate surface area is 64.1 Å². The van der Waals surface area contributed by atoms with Gasteiger partial charge < -0.3 is 4.74 Å². The molecule has 0 aliphatic carbocycles. The van der Waals surface area contributed by atoms with Gasteiger partial charge in [0.15, 0.2) is 0 Å². The fourth-order valence-electron chi connectivity index (χ4n) is 0.329. The number of carbonyl (C=O) groups is 1. The summed E-state index contributed by atoms with van der Waals surface area (Å²) in [6.07, 6.45) is 0.740. The highest BCUT2D eigenvalue weighted by Gasteiger charge is 2.03. The first-order chi connectivity index (χ1) is 4.16. The summed E-state index contributed by atoms with van der Waals surface area (Å²) in [5.74, 6) is -0.277. The van der Waals surface area contributed by atoms with Crippen molar-refractivity contribution in [2.45, 2.75) is 17.7 Å². The molecule has 0 N–H and O–H groups in total. The van der Waals surface area contributed by atoms with Crippen molar-refractivity contribution in [3.05, 3.63) is 0 Å². The number of ether oxygens (including phenoxy) is 1. The molecule has 0 saturated carbocycles. The van der Waals surface area contributed by atoms with Crippen LogP contribution in [0, 0.1) is 0 Å². The second-order valence-corrected chi connectivity index (χ2v) is 2.78. The van der Waals surface area contributed by atoms with Crippen LogP contribution >= 0.6 is 23.2 Å². The van der Waals surface area contributed by atoms with E-state index in [1.54, 1.807) is 0 Å². The molecule has 0 aliphatic rings. The molecule has 54 valence electrons. The molecular formula is C5H8Cl2O2. The first-order valence-corrected chi connectivity index (χ1v) is 3.39. The van der Waals surface area contributed by atoms with Gasteiger partial charge in [-0.3, -0.25) is 4.79 Å². The van der Waals surface area contributed by atoms with Crippen molar-refractivity contribution < 1.29 is 9.53 Å². The van der Waals surface area contributed by atoms with E-state index in [4.69, 9.17) is 23.2 Å². The summed E-state index contributed by atoms with van der Waals surface area (Å²) in [7, 11) is 1.33. The predicted molar refractivity (Wildman–Crippen MR) is 36.7 cm³/mol. The number of hydrogen-bond donors (Lipinski definition) is 0. The maximum absolute atomic E-state index is 10.4. The maximum Gasteiger partial charge on any atom is 0.305 e. The smallest absolute Gasteiger partial charge is 0.305 e. The van der Waals surface area contributed by atoms with Gasteiger partial charge in [0.05, 0.1) is 7.11 Å². The summed E-state index contributed by atoms with van der Waals surface area (Å²) in [6.45, 7) is 0. The molecule has 0 unspecified atom stereocenters. The topological polar surface area (TPSA) is 26.3 Å². The summed E-state index contributed by atoms with van der Waals surface area (Å²) < 4.78 is 4.34. The molecule has 0 aromatic heterocycles. The van der Waals surface area contributed by atoms with Gasteiger partial charge in [0.25, 0.3) is 0 Å². The van der Waals surface area contributed by atoms with Crippen LogP contribution in [0.2, 0.25) is 0 Å². The van der Waals surface area contributed by atoms with E-state index in [0.29, 0.717) is 6.42 Å². The molecule has 0 aliphatic heterocycles. The molecule has 0 radical (unpaired) electrons. The lowest BCUT2D eigenvalue weighted by Gasteiger charge is -1.97. The highest BCUT2D eigenvalue weighted by molar-refractivity contribution is 6.44. The Hall–Kier alpha value is 0.0500. The molecule has 0 aromatic rings. The molecule has 2 nitrogen and oxygen atoms in total. The van der Waals surface area contributed by atoms with E-state index in [1.165, 1.54) is 7.11 Å². The second kappa shape index (κ2) is 4.89. The van der Waals surface area contributed by atoms with Crippen molar-refractivity contribution in [2.24, 2.45) is 0 Å². The van der Waals surface area contributed by atoms with E-state index in [0.717, 1.165) is 0 Å². The lowest BCUT2D eigenvalue weighted by atomic mass is 10.3. The zero-order chi connectivity index (χ0) is 7.28. The number of rotatable bonds is 3. The van der Waals surface area contributed by atoms with Gasteiger partial charge in [-0.05, 0) is 6.42 Å². The highest BCUT2D eigenvalue weighted by atomic mass is 35.5. The number of hydrogen-bond acceptors (Lipinski definition) is 2. The molecule has 0 fully saturated rings. The summed E-state index contributed by atoms with van der Waals surface area (Å²) in [4.78, 5) is 9.91. The molecule has 0 heterocycles. The van der Waals surface area contributed by atoms with Crippen LogP contribution in [0.1, 0.15) is 12.8 Å². The number of methoxy groups -OCH3 is 1. The van der Waals surface area contributed by atoms with Crippen LogP contribution < -0.4 is 0 Å². The van der Waals surface area contributed by atoms with Gasteiger partial charge in [0.1, 0.15) is 4.84 Å². The Kier molecular flexibility index (Phi) is 4.91. The van der Waals surface area contributed by atoms with Gasteiger partial charge >= 0.3 is 5.97 Å². The fourth-order valence-corrected chi connectivity index (χ4v) is 0.547. The van der Waals surface area contributed by atoms with Gasteiger partial charge in [-0.25, -0.2) is 0 Å². The average molecular weight is 171 g/mol. The third kappa shape index (κ3) is 5.93. The van der Waals surface area contributed by atoms with Crippen molar-refractivity contribution in [1.29, 1.82) is 0 Å². The summed E-state index contributed by atoms with van der Waals surface area (Å²) >= 11 is 10.7. The average Bonchev–Trinajstić information content (AvgIpc) is 1.83. The van der Waals surface area contributed by atoms with Crippen LogP contribution in [0.15, 0.2) is 0 Å². The zero-order valence-corrected chi connectivity index (χ0v) is 6.58. The SMILES string of the molecule is COC(=O)CCC(Cl)Cl. The van der Waals surface area contributed by atoms with Gasteiger partial charge in [-0.15, -0.1) is 23.2 Å². The minimum Gasteiger partial charge on any atom is -0.469 e. The largest absolute Gasteiger partial charge is 0.469 e. The second-order valence-electron chi connectivity index (χ2n) is 1.51. The Balaban J connectivity index is 3.17. The Morgan fingerprint density at radius 1 is 1.67 bits per heavy atom. The molecule has 4 heteroatoms. The number of esters is 1. The summed E-state index contributed by atoms with van der Waals surface area (Å²) in [6, 6.07) is 0. The molecule has 0 aromatic carbocycles. The number of carbonyl (C=O) groups excluding carboxylic acids is 1. The van der Waals surface area contributed by atoms with Crippen LogP contribution in [0.5, 0.6) is 0 Å². The number of alkyl halides is 2. The van der Waals surface area contributed by atoms with E-state index < -0.39 is 4.84 Å². The molecule has 0 saturated heterocycles. The van der Waals surface area contributed by atoms with Crippen molar-refractivity contribution in [3.8, 4) is 0 Å². The van der Waals surface area contributed by atoms with Gasteiger partial charge in [0, 0.05) is 6.42 Å². The van der Waals surface area contributed by atoms with E-state index in [2.05, 4.69) is 4.74 Å². The lowest BCUT2D eigenvalue weighted by molar-refractivity contribution is -0.140. The lowest BCUT2D eigenvalue weighted by Crippen LogP contribution is -2.01. The highest BCUT2D eigenvalue weighted by Crippen LogP contribution is 2.09. The molecule has 0 atom stereocenters. The number of halogens is 2.